The summed E-state index contributed by atoms with van der Waals surface area (Å²) in [5, 5.41) is 8.97. The Bertz CT molecular complexity index is 574. The molecule has 1 unspecified atom stereocenters. The molecule has 1 aliphatic rings. The Hall–Kier alpha value is -2.28. The zero-order valence-corrected chi connectivity index (χ0v) is 13.3. The maximum atomic E-state index is 12.6. The van der Waals surface area contributed by atoms with Gasteiger partial charge < -0.3 is 24.2 Å². The second-order valence-electron chi connectivity index (χ2n) is 5.33. The van der Waals surface area contributed by atoms with E-state index in [1.54, 1.807) is 13.2 Å². The third-order valence-corrected chi connectivity index (χ3v) is 3.73. The van der Waals surface area contributed by atoms with Crippen molar-refractivity contribution in [2.75, 3.05) is 40.5 Å². The minimum atomic E-state index is -1.05. The number of hydrogen-bond acceptors (Lipinski definition) is 5. The average Bonchev–Trinajstić information content (AvgIpc) is 2.56. The SMILES string of the molecule is COCCN(CC(=O)O)C(=O)C1COc2cc(OC)ccc2C1. The summed E-state index contributed by atoms with van der Waals surface area (Å²) in [6.45, 7) is 0.421. The second-order valence-corrected chi connectivity index (χ2v) is 5.33. The standard InChI is InChI=1S/C16H21NO6/c1-21-6-5-17(9-15(18)19)16(20)12-7-11-3-4-13(22-2)8-14(11)23-10-12/h3-4,8,12H,5-7,9-10H2,1-2H3,(H,18,19). The van der Waals surface area contributed by atoms with Gasteiger partial charge in [0.15, 0.2) is 0 Å². The number of carboxylic acid groups (broad SMARTS) is 1. The van der Waals surface area contributed by atoms with Crippen LogP contribution in [0.2, 0.25) is 0 Å². The Labute approximate surface area is 134 Å². The summed E-state index contributed by atoms with van der Waals surface area (Å²) >= 11 is 0. The number of methoxy groups -OCH3 is 2. The lowest BCUT2D eigenvalue weighted by molar-refractivity contribution is -0.147. The molecule has 1 N–H and O–H groups in total. The van der Waals surface area contributed by atoms with E-state index in [9.17, 15) is 9.59 Å². The minimum absolute atomic E-state index is 0.224. The fourth-order valence-corrected chi connectivity index (χ4v) is 2.53. The van der Waals surface area contributed by atoms with Gasteiger partial charge >= 0.3 is 5.97 Å². The van der Waals surface area contributed by atoms with Crippen LogP contribution in [-0.2, 0) is 20.7 Å². The highest BCUT2D eigenvalue weighted by Gasteiger charge is 2.30. The van der Waals surface area contributed by atoms with Crippen LogP contribution in [0, 0.1) is 5.92 Å². The Kier molecular flexibility index (Phi) is 5.81. The summed E-state index contributed by atoms with van der Waals surface area (Å²) in [5.41, 5.74) is 0.914. The van der Waals surface area contributed by atoms with Gasteiger partial charge in [0.05, 0.1) is 19.6 Å². The Morgan fingerprint density at radius 3 is 2.83 bits per heavy atom. The molecule has 23 heavy (non-hydrogen) atoms. The van der Waals surface area contributed by atoms with Crippen LogP contribution in [0.15, 0.2) is 18.2 Å². The molecule has 1 aromatic rings. The molecule has 0 saturated carbocycles. The average molecular weight is 323 g/mol. The number of benzene rings is 1. The van der Waals surface area contributed by atoms with Crippen LogP contribution in [0.3, 0.4) is 0 Å². The maximum absolute atomic E-state index is 12.6. The molecule has 7 nitrogen and oxygen atoms in total. The number of aliphatic carboxylic acids is 1. The molecular formula is C16H21NO6. The van der Waals surface area contributed by atoms with E-state index in [0.29, 0.717) is 24.5 Å². The van der Waals surface area contributed by atoms with Crippen LogP contribution >= 0.6 is 0 Å². The molecule has 0 fully saturated rings. The van der Waals surface area contributed by atoms with Crippen molar-refractivity contribution in [3.63, 3.8) is 0 Å². The van der Waals surface area contributed by atoms with Gasteiger partial charge in [0.2, 0.25) is 5.91 Å². The quantitative estimate of drug-likeness (QED) is 0.799. The zero-order valence-electron chi connectivity index (χ0n) is 13.3. The molecule has 0 saturated heterocycles. The highest BCUT2D eigenvalue weighted by atomic mass is 16.5. The summed E-state index contributed by atoms with van der Waals surface area (Å²) in [4.78, 5) is 24.8. The summed E-state index contributed by atoms with van der Waals surface area (Å²) < 4.78 is 15.7. The predicted molar refractivity (Wildman–Crippen MR) is 81.8 cm³/mol. The number of carbonyl (C=O) groups excluding carboxylic acids is 1. The summed E-state index contributed by atoms with van der Waals surface area (Å²) in [5.74, 6) is -0.273. The van der Waals surface area contributed by atoms with Gasteiger partial charge in [-0.15, -0.1) is 0 Å². The maximum Gasteiger partial charge on any atom is 0.323 e. The third-order valence-electron chi connectivity index (χ3n) is 3.73. The lowest BCUT2D eigenvalue weighted by Gasteiger charge is -2.29. The molecule has 126 valence electrons. The van der Waals surface area contributed by atoms with Crippen molar-refractivity contribution in [3.8, 4) is 11.5 Å². The van der Waals surface area contributed by atoms with E-state index in [1.165, 1.54) is 12.0 Å². The molecule has 0 aromatic heterocycles. The number of carbonyl (C=O) groups is 2. The van der Waals surface area contributed by atoms with Gasteiger partial charge in [0.1, 0.15) is 24.7 Å². The summed E-state index contributed by atoms with van der Waals surface area (Å²) in [6.07, 6.45) is 0.515. The number of carboxylic acids is 1. The van der Waals surface area contributed by atoms with Crippen molar-refractivity contribution in [1.29, 1.82) is 0 Å². The van der Waals surface area contributed by atoms with E-state index in [1.807, 2.05) is 12.1 Å². The fraction of sp³-hybridized carbons (Fsp3) is 0.500. The van der Waals surface area contributed by atoms with Crippen molar-refractivity contribution < 1.29 is 28.9 Å². The van der Waals surface area contributed by atoms with Gasteiger partial charge in [0.25, 0.3) is 0 Å². The van der Waals surface area contributed by atoms with E-state index in [-0.39, 0.29) is 25.6 Å². The van der Waals surface area contributed by atoms with E-state index in [4.69, 9.17) is 19.3 Å². The van der Waals surface area contributed by atoms with Crippen LogP contribution in [0.4, 0.5) is 0 Å². The first-order valence-corrected chi connectivity index (χ1v) is 7.34. The minimum Gasteiger partial charge on any atom is -0.497 e. The summed E-state index contributed by atoms with van der Waals surface area (Å²) in [6, 6.07) is 5.47. The van der Waals surface area contributed by atoms with Crippen LogP contribution in [0.5, 0.6) is 11.5 Å². The van der Waals surface area contributed by atoms with Gasteiger partial charge in [-0.05, 0) is 18.1 Å². The van der Waals surface area contributed by atoms with Gasteiger partial charge in [-0.3, -0.25) is 9.59 Å². The van der Waals surface area contributed by atoms with Gasteiger partial charge in [-0.2, -0.15) is 0 Å². The van der Waals surface area contributed by atoms with Crippen LogP contribution in [-0.4, -0.2) is 62.4 Å². The third kappa shape index (κ3) is 4.35. The van der Waals surface area contributed by atoms with Crippen molar-refractivity contribution in [3.05, 3.63) is 23.8 Å². The van der Waals surface area contributed by atoms with Crippen LogP contribution < -0.4 is 9.47 Å². The van der Waals surface area contributed by atoms with Crippen molar-refractivity contribution >= 4 is 11.9 Å². The van der Waals surface area contributed by atoms with E-state index < -0.39 is 11.9 Å². The molecule has 0 aliphatic carbocycles. The molecule has 0 bridgehead atoms. The normalized spacial score (nSPS) is 16.2. The Morgan fingerprint density at radius 1 is 1.39 bits per heavy atom. The van der Waals surface area contributed by atoms with Crippen molar-refractivity contribution in [2.45, 2.75) is 6.42 Å². The van der Waals surface area contributed by atoms with Gasteiger partial charge in [-0.25, -0.2) is 0 Å². The molecule has 0 radical (unpaired) electrons. The lowest BCUT2D eigenvalue weighted by Crippen LogP contribution is -2.44. The number of ether oxygens (including phenoxy) is 3. The van der Waals surface area contributed by atoms with E-state index in [2.05, 4.69) is 0 Å². The molecule has 1 aliphatic heterocycles. The second kappa shape index (κ2) is 7.82. The number of hydrogen-bond donors (Lipinski definition) is 1. The smallest absolute Gasteiger partial charge is 0.323 e. The van der Waals surface area contributed by atoms with Gasteiger partial charge in [-0.1, -0.05) is 6.07 Å². The highest BCUT2D eigenvalue weighted by molar-refractivity contribution is 5.83. The molecule has 1 aromatic carbocycles. The largest absolute Gasteiger partial charge is 0.497 e. The number of fused-ring (bicyclic) bond motifs is 1. The van der Waals surface area contributed by atoms with E-state index >= 15 is 0 Å². The van der Waals surface area contributed by atoms with Crippen LogP contribution in [0.1, 0.15) is 5.56 Å². The monoisotopic (exact) mass is 323 g/mol. The first-order valence-electron chi connectivity index (χ1n) is 7.34. The van der Waals surface area contributed by atoms with Crippen molar-refractivity contribution in [1.82, 2.24) is 4.90 Å². The molecule has 1 heterocycles. The van der Waals surface area contributed by atoms with Gasteiger partial charge in [0, 0.05) is 19.7 Å². The zero-order chi connectivity index (χ0) is 16.8. The first-order chi connectivity index (χ1) is 11.0. The number of amides is 1. The molecule has 7 heteroatoms. The lowest BCUT2D eigenvalue weighted by atomic mass is 9.95. The fourth-order valence-electron chi connectivity index (χ4n) is 2.53. The summed E-state index contributed by atoms with van der Waals surface area (Å²) in [7, 11) is 3.09. The molecule has 1 atom stereocenters. The highest BCUT2D eigenvalue weighted by Crippen LogP contribution is 2.31. The Balaban J connectivity index is 2.08. The topological polar surface area (TPSA) is 85.3 Å². The number of rotatable bonds is 7. The van der Waals surface area contributed by atoms with E-state index in [0.717, 1.165) is 5.56 Å². The molecule has 0 spiro atoms. The molecule has 1 amide bonds. The van der Waals surface area contributed by atoms with Crippen molar-refractivity contribution in [2.24, 2.45) is 5.92 Å². The van der Waals surface area contributed by atoms with Crippen LogP contribution in [0.25, 0.3) is 0 Å². The predicted octanol–water partition coefficient (Wildman–Crippen LogP) is 0.806. The molecular weight excluding hydrogens is 302 g/mol. The molecule has 2 rings (SSSR count). The Morgan fingerprint density at radius 2 is 2.17 bits per heavy atom. The first kappa shape index (κ1) is 17.1. The number of nitrogens with zero attached hydrogens (tertiary/aromatic N) is 1.